The molecule has 6 heteroatoms. The molecule has 0 N–H and O–H groups in total. The van der Waals surface area contributed by atoms with Crippen LogP contribution in [-0.2, 0) is 4.74 Å². The fraction of sp³-hybridized carbons (Fsp3) is 0.500. The number of halogens is 4. The third-order valence-electron chi connectivity index (χ3n) is 2.22. The number of ether oxygens (including phenoxy) is 2. The Morgan fingerprint density at radius 1 is 1.11 bits per heavy atom. The molecular formula is C12H14F4O2. The van der Waals surface area contributed by atoms with Crippen molar-refractivity contribution in [2.75, 3.05) is 13.2 Å². The van der Waals surface area contributed by atoms with Crippen molar-refractivity contribution < 1.29 is 27.0 Å². The Hall–Kier alpha value is -1.30. The van der Waals surface area contributed by atoms with Gasteiger partial charge in [0.15, 0.2) is 0 Å². The topological polar surface area (TPSA) is 18.5 Å². The molecule has 0 aliphatic carbocycles. The first kappa shape index (κ1) is 14.8. The quantitative estimate of drug-likeness (QED) is 0.577. The Morgan fingerprint density at radius 3 is 2.33 bits per heavy atom. The number of benzene rings is 1. The molecule has 0 amide bonds. The molecule has 1 aromatic carbocycles. The Bertz CT molecular complexity index is 394. The SMILES string of the molecule is CC(C)c1c(F)cc(F)cc1OCCOC(F)F. The number of rotatable bonds is 6. The zero-order valence-corrected chi connectivity index (χ0v) is 10.1. The first-order valence-corrected chi connectivity index (χ1v) is 5.43. The summed E-state index contributed by atoms with van der Waals surface area (Å²) in [6.45, 7) is 0.000210. The average Bonchev–Trinajstić information content (AvgIpc) is 2.22. The maximum absolute atomic E-state index is 13.5. The van der Waals surface area contributed by atoms with E-state index in [4.69, 9.17) is 4.74 Å². The molecule has 0 aliphatic heterocycles. The van der Waals surface area contributed by atoms with E-state index in [1.54, 1.807) is 13.8 Å². The first-order valence-electron chi connectivity index (χ1n) is 5.43. The second-order valence-electron chi connectivity index (χ2n) is 3.93. The first-order chi connectivity index (χ1) is 8.41. The smallest absolute Gasteiger partial charge is 0.345 e. The van der Waals surface area contributed by atoms with Gasteiger partial charge in [0.1, 0.15) is 24.0 Å². The molecule has 0 radical (unpaired) electrons. The standard InChI is InChI=1S/C12H14F4O2/c1-7(2)11-9(14)5-8(13)6-10(11)17-3-4-18-12(15)16/h5-7,12H,3-4H2,1-2H3. The molecule has 0 fully saturated rings. The van der Waals surface area contributed by atoms with Crippen molar-refractivity contribution in [2.45, 2.75) is 26.4 Å². The fourth-order valence-corrected chi connectivity index (χ4v) is 1.53. The third kappa shape index (κ3) is 4.18. The molecule has 2 nitrogen and oxygen atoms in total. The summed E-state index contributed by atoms with van der Waals surface area (Å²) in [5.74, 6) is -1.69. The molecule has 0 saturated heterocycles. The van der Waals surface area contributed by atoms with E-state index in [2.05, 4.69) is 4.74 Å². The van der Waals surface area contributed by atoms with Crippen LogP contribution in [0.5, 0.6) is 5.75 Å². The highest BCUT2D eigenvalue weighted by Crippen LogP contribution is 2.30. The van der Waals surface area contributed by atoms with Crippen LogP contribution < -0.4 is 4.74 Å². The van der Waals surface area contributed by atoms with Crippen molar-refractivity contribution in [3.63, 3.8) is 0 Å². The lowest BCUT2D eigenvalue weighted by Crippen LogP contribution is -2.11. The van der Waals surface area contributed by atoms with E-state index in [9.17, 15) is 17.6 Å². The molecule has 0 atom stereocenters. The van der Waals surface area contributed by atoms with Crippen molar-refractivity contribution in [2.24, 2.45) is 0 Å². The minimum absolute atomic E-state index is 0.0142. The minimum atomic E-state index is -2.89. The summed E-state index contributed by atoms with van der Waals surface area (Å²) in [5.41, 5.74) is 0.216. The van der Waals surface area contributed by atoms with E-state index in [0.29, 0.717) is 0 Å². The number of hydrogen-bond acceptors (Lipinski definition) is 2. The average molecular weight is 266 g/mol. The fourth-order valence-electron chi connectivity index (χ4n) is 1.53. The maximum Gasteiger partial charge on any atom is 0.345 e. The highest BCUT2D eigenvalue weighted by Gasteiger charge is 2.15. The highest BCUT2D eigenvalue weighted by atomic mass is 19.3. The summed E-state index contributed by atoms with van der Waals surface area (Å²) in [7, 11) is 0. The zero-order valence-electron chi connectivity index (χ0n) is 10.1. The van der Waals surface area contributed by atoms with Crippen LogP contribution in [0.2, 0.25) is 0 Å². The predicted octanol–water partition coefficient (Wildman–Crippen LogP) is 3.71. The van der Waals surface area contributed by atoms with Gasteiger partial charge in [-0.3, -0.25) is 0 Å². The molecule has 102 valence electrons. The van der Waals surface area contributed by atoms with Crippen LogP contribution in [0.1, 0.15) is 25.3 Å². The van der Waals surface area contributed by atoms with Gasteiger partial charge in [-0.05, 0) is 5.92 Å². The molecule has 0 aliphatic rings. The molecule has 0 aromatic heterocycles. The minimum Gasteiger partial charge on any atom is -0.491 e. The van der Waals surface area contributed by atoms with Gasteiger partial charge in [0.25, 0.3) is 0 Å². The van der Waals surface area contributed by atoms with Gasteiger partial charge < -0.3 is 9.47 Å². The third-order valence-corrected chi connectivity index (χ3v) is 2.22. The van der Waals surface area contributed by atoms with Gasteiger partial charge in [0.05, 0.1) is 6.61 Å². The molecular weight excluding hydrogens is 252 g/mol. The van der Waals surface area contributed by atoms with Crippen molar-refractivity contribution in [1.29, 1.82) is 0 Å². The van der Waals surface area contributed by atoms with E-state index in [1.807, 2.05) is 0 Å². The van der Waals surface area contributed by atoms with E-state index < -0.39 is 18.2 Å². The van der Waals surface area contributed by atoms with Crippen LogP contribution in [-0.4, -0.2) is 19.8 Å². The number of hydrogen-bond donors (Lipinski definition) is 0. The summed E-state index contributed by atoms with van der Waals surface area (Å²) >= 11 is 0. The van der Waals surface area contributed by atoms with E-state index in [1.165, 1.54) is 0 Å². The van der Waals surface area contributed by atoms with Gasteiger partial charge in [-0.2, -0.15) is 8.78 Å². The largest absolute Gasteiger partial charge is 0.491 e. The zero-order chi connectivity index (χ0) is 13.7. The Kier molecular flexibility index (Phi) is 5.40. The van der Waals surface area contributed by atoms with E-state index >= 15 is 0 Å². The van der Waals surface area contributed by atoms with Gasteiger partial charge >= 0.3 is 6.61 Å². The summed E-state index contributed by atoms with van der Waals surface area (Å²) in [6, 6.07) is 1.79. The van der Waals surface area contributed by atoms with Crippen molar-refractivity contribution in [1.82, 2.24) is 0 Å². The van der Waals surface area contributed by atoms with Crippen LogP contribution in [0.25, 0.3) is 0 Å². The maximum atomic E-state index is 13.5. The molecule has 0 bridgehead atoms. The highest BCUT2D eigenvalue weighted by molar-refractivity contribution is 5.37. The lowest BCUT2D eigenvalue weighted by atomic mass is 10.0. The van der Waals surface area contributed by atoms with Crippen LogP contribution >= 0.6 is 0 Å². The summed E-state index contributed by atoms with van der Waals surface area (Å²) in [5, 5.41) is 0. The van der Waals surface area contributed by atoms with Gasteiger partial charge in [-0.15, -0.1) is 0 Å². The molecule has 0 heterocycles. The van der Waals surface area contributed by atoms with Gasteiger partial charge in [0.2, 0.25) is 0 Å². The second kappa shape index (κ2) is 6.58. The van der Waals surface area contributed by atoms with Crippen LogP contribution in [0.15, 0.2) is 12.1 Å². The van der Waals surface area contributed by atoms with E-state index in [-0.39, 0.29) is 30.4 Å². The molecule has 0 unspecified atom stereocenters. The lowest BCUT2D eigenvalue weighted by Gasteiger charge is -2.15. The Labute approximate surface area is 103 Å². The van der Waals surface area contributed by atoms with Gasteiger partial charge in [-0.25, -0.2) is 8.78 Å². The summed E-state index contributed by atoms with van der Waals surface area (Å²) in [6.07, 6.45) is 0. The van der Waals surface area contributed by atoms with Crippen LogP contribution in [0.3, 0.4) is 0 Å². The van der Waals surface area contributed by atoms with Crippen molar-refractivity contribution in [3.05, 3.63) is 29.3 Å². The summed E-state index contributed by atoms with van der Waals surface area (Å²) in [4.78, 5) is 0. The van der Waals surface area contributed by atoms with Crippen LogP contribution in [0, 0.1) is 11.6 Å². The lowest BCUT2D eigenvalue weighted by molar-refractivity contribution is -0.133. The molecule has 0 spiro atoms. The van der Waals surface area contributed by atoms with Gasteiger partial charge in [0, 0.05) is 17.7 Å². The van der Waals surface area contributed by atoms with E-state index in [0.717, 1.165) is 12.1 Å². The molecule has 1 aromatic rings. The molecule has 18 heavy (non-hydrogen) atoms. The van der Waals surface area contributed by atoms with Crippen LogP contribution in [0.4, 0.5) is 17.6 Å². The Morgan fingerprint density at radius 2 is 1.78 bits per heavy atom. The monoisotopic (exact) mass is 266 g/mol. The van der Waals surface area contributed by atoms with Crippen molar-refractivity contribution >= 4 is 0 Å². The normalized spacial score (nSPS) is 11.3. The van der Waals surface area contributed by atoms with Crippen molar-refractivity contribution in [3.8, 4) is 5.75 Å². The van der Waals surface area contributed by atoms with Gasteiger partial charge in [-0.1, -0.05) is 13.8 Å². The summed E-state index contributed by atoms with van der Waals surface area (Å²) < 4.78 is 59.0. The Balaban J connectivity index is 2.74. The molecule has 1 rings (SSSR count). The number of alkyl halides is 2. The molecule has 0 saturated carbocycles. The second-order valence-corrected chi connectivity index (χ2v) is 3.93. The predicted molar refractivity (Wildman–Crippen MR) is 57.9 cm³/mol.